The lowest BCUT2D eigenvalue weighted by atomic mass is 10.1. The number of ketones is 1. The number of esters is 1. The van der Waals surface area contributed by atoms with Crippen LogP contribution in [0.1, 0.15) is 38.4 Å². The summed E-state index contributed by atoms with van der Waals surface area (Å²) in [5, 5.41) is 1.67. The van der Waals surface area contributed by atoms with E-state index in [0.29, 0.717) is 23.6 Å². The predicted molar refractivity (Wildman–Crippen MR) is 96.5 cm³/mol. The molecule has 0 N–H and O–H groups in total. The van der Waals surface area contributed by atoms with Crippen molar-refractivity contribution in [1.82, 2.24) is 4.57 Å². The van der Waals surface area contributed by atoms with E-state index < -0.39 is 0 Å². The van der Waals surface area contributed by atoms with Crippen LogP contribution in [-0.4, -0.2) is 23.4 Å². The lowest BCUT2D eigenvalue weighted by molar-refractivity contribution is 0.0600. The van der Waals surface area contributed by atoms with Crippen LogP contribution in [-0.2, 0) is 17.7 Å². The second-order valence-electron chi connectivity index (χ2n) is 6.15. The number of aromatic nitrogens is 1. The molecular weight excluding hydrogens is 338 g/mol. The van der Waals surface area contributed by atoms with E-state index in [1.165, 1.54) is 7.11 Å². The van der Waals surface area contributed by atoms with Gasteiger partial charge in [-0.25, -0.2) is 4.79 Å². The third-order valence-corrected chi connectivity index (χ3v) is 5.11. The third-order valence-electron chi connectivity index (χ3n) is 4.74. The molecule has 4 rings (SSSR count). The summed E-state index contributed by atoms with van der Waals surface area (Å²) >= 11 is 6.31. The molecule has 5 heteroatoms. The van der Waals surface area contributed by atoms with E-state index in [0.717, 1.165) is 34.1 Å². The zero-order valence-corrected chi connectivity index (χ0v) is 14.5. The van der Waals surface area contributed by atoms with E-state index in [1.807, 2.05) is 34.9 Å². The SMILES string of the molecule is COC(=O)c1ccc2c3c(n(Cc4ccccc4Cl)c2c1)C(=O)CC3. The van der Waals surface area contributed by atoms with Crippen molar-refractivity contribution < 1.29 is 14.3 Å². The number of benzene rings is 2. The number of hydrogen-bond acceptors (Lipinski definition) is 3. The number of rotatable bonds is 3. The molecule has 2 aromatic carbocycles. The Kier molecular flexibility index (Phi) is 3.85. The van der Waals surface area contributed by atoms with Gasteiger partial charge in [-0.15, -0.1) is 0 Å². The summed E-state index contributed by atoms with van der Waals surface area (Å²) in [5.74, 6) is -0.253. The molecule has 0 atom stereocenters. The van der Waals surface area contributed by atoms with Gasteiger partial charge in [0.1, 0.15) is 0 Å². The van der Waals surface area contributed by atoms with Crippen molar-refractivity contribution in [2.75, 3.05) is 7.11 Å². The van der Waals surface area contributed by atoms with Crippen LogP contribution in [0.3, 0.4) is 0 Å². The summed E-state index contributed by atoms with van der Waals surface area (Å²) in [6, 6.07) is 13.0. The second kappa shape index (κ2) is 6.05. The smallest absolute Gasteiger partial charge is 0.337 e. The van der Waals surface area contributed by atoms with Gasteiger partial charge in [0.05, 0.1) is 23.9 Å². The topological polar surface area (TPSA) is 48.3 Å². The Bertz CT molecular complexity index is 1020. The fourth-order valence-electron chi connectivity index (χ4n) is 3.56. The molecule has 0 spiro atoms. The summed E-state index contributed by atoms with van der Waals surface area (Å²) in [6.07, 6.45) is 1.26. The number of methoxy groups -OCH3 is 1. The van der Waals surface area contributed by atoms with Gasteiger partial charge in [-0.3, -0.25) is 4.79 Å². The monoisotopic (exact) mass is 353 g/mol. The molecule has 126 valence electrons. The van der Waals surface area contributed by atoms with Crippen LogP contribution in [0, 0.1) is 0 Å². The van der Waals surface area contributed by atoms with Crippen LogP contribution in [0.2, 0.25) is 5.02 Å². The van der Waals surface area contributed by atoms with Gasteiger partial charge in [-0.2, -0.15) is 0 Å². The van der Waals surface area contributed by atoms with Crippen LogP contribution in [0.25, 0.3) is 10.9 Å². The molecule has 0 fully saturated rings. The fourth-order valence-corrected chi connectivity index (χ4v) is 3.75. The number of hydrogen-bond donors (Lipinski definition) is 0. The number of aryl methyl sites for hydroxylation is 1. The molecule has 1 aliphatic rings. The molecule has 0 aliphatic heterocycles. The highest BCUT2D eigenvalue weighted by Crippen LogP contribution is 2.35. The maximum atomic E-state index is 12.5. The average molecular weight is 354 g/mol. The molecule has 1 aromatic heterocycles. The average Bonchev–Trinajstić information content (AvgIpc) is 3.15. The Morgan fingerprint density at radius 2 is 2.00 bits per heavy atom. The Balaban J connectivity index is 1.94. The van der Waals surface area contributed by atoms with Gasteiger partial charge in [0.25, 0.3) is 0 Å². The summed E-state index contributed by atoms with van der Waals surface area (Å²) < 4.78 is 6.80. The Morgan fingerprint density at radius 3 is 2.76 bits per heavy atom. The number of carbonyl (C=O) groups is 2. The van der Waals surface area contributed by atoms with Gasteiger partial charge in [-0.1, -0.05) is 35.9 Å². The third kappa shape index (κ3) is 2.53. The minimum absolute atomic E-state index is 0.137. The molecule has 25 heavy (non-hydrogen) atoms. The first kappa shape index (κ1) is 15.9. The normalized spacial score (nSPS) is 13.3. The highest BCUT2D eigenvalue weighted by Gasteiger charge is 2.28. The van der Waals surface area contributed by atoms with Crippen molar-refractivity contribution in [3.05, 3.63) is 69.9 Å². The van der Waals surface area contributed by atoms with Gasteiger partial charge in [0.2, 0.25) is 0 Å². The van der Waals surface area contributed by atoms with Gasteiger partial charge in [0.15, 0.2) is 5.78 Å². The first-order valence-corrected chi connectivity index (χ1v) is 8.48. The maximum Gasteiger partial charge on any atom is 0.337 e. The van der Waals surface area contributed by atoms with Gasteiger partial charge in [0, 0.05) is 23.4 Å². The molecule has 0 bridgehead atoms. The number of Topliss-reactive ketones (excluding diaryl/α,β-unsaturated/α-hetero) is 1. The lowest BCUT2D eigenvalue weighted by Crippen LogP contribution is -2.09. The maximum absolute atomic E-state index is 12.5. The zero-order chi connectivity index (χ0) is 17.6. The molecule has 1 aliphatic carbocycles. The Hall–Kier alpha value is -2.59. The number of carbonyl (C=O) groups excluding carboxylic acids is 2. The predicted octanol–water partition coefficient (Wildman–Crippen LogP) is 4.26. The van der Waals surface area contributed by atoms with Crippen LogP contribution in [0.15, 0.2) is 42.5 Å². The van der Waals surface area contributed by atoms with E-state index in [9.17, 15) is 9.59 Å². The highest BCUT2D eigenvalue weighted by molar-refractivity contribution is 6.31. The number of ether oxygens (including phenoxy) is 1. The number of nitrogens with zero attached hydrogens (tertiary/aromatic N) is 1. The second-order valence-corrected chi connectivity index (χ2v) is 6.56. The summed E-state index contributed by atoms with van der Waals surface area (Å²) in [6.45, 7) is 0.488. The van der Waals surface area contributed by atoms with Gasteiger partial charge in [-0.05, 0) is 35.7 Å². The molecule has 1 heterocycles. The van der Waals surface area contributed by atoms with E-state index in [4.69, 9.17) is 16.3 Å². The molecular formula is C20H16ClNO3. The Morgan fingerprint density at radius 1 is 1.20 bits per heavy atom. The lowest BCUT2D eigenvalue weighted by Gasteiger charge is -2.11. The summed E-state index contributed by atoms with van der Waals surface area (Å²) in [5.41, 5.74) is 4.06. The minimum Gasteiger partial charge on any atom is -0.465 e. The van der Waals surface area contributed by atoms with Crippen molar-refractivity contribution in [2.45, 2.75) is 19.4 Å². The van der Waals surface area contributed by atoms with Crippen LogP contribution in [0.5, 0.6) is 0 Å². The molecule has 3 aromatic rings. The van der Waals surface area contributed by atoms with E-state index in [-0.39, 0.29) is 11.8 Å². The van der Waals surface area contributed by atoms with E-state index in [2.05, 4.69) is 0 Å². The zero-order valence-electron chi connectivity index (χ0n) is 13.7. The van der Waals surface area contributed by atoms with Crippen LogP contribution >= 0.6 is 11.6 Å². The van der Waals surface area contributed by atoms with Crippen molar-refractivity contribution >= 4 is 34.3 Å². The van der Waals surface area contributed by atoms with Crippen molar-refractivity contribution in [1.29, 1.82) is 0 Å². The van der Waals surface area contributed by atoms with E-state index >= 15 is 0 Å². The number of halogens is 1. The van der Waals surface area contributed by atoms with Crippen molar-refractivity contribution in [3.8, 4) is 0 Å². The molecule has 0 amide bonds. The fraction of sp³-hybridized carbons (Fsp3) is 0.200. The number of fused-ring (bicyclic) bond motifs is 3. The molecule has 0 saturated heterocycles. The van der Waals surface area contributed by atoms with Crippen molar-refractivity contribution in [3.63, 3.8) is 0 Å². The minimum atomic E-state index is -0.390. The van der Waals surface area contributed by atoms with Gasteiger partial charge >= 0.3 is 5.97 Å². The van der Waals surface area contributed by atoms with Gasteiger partial charge < -0.3 is 9.30 Å². The van der Waals surface area contributed by atoms with Crippen LogP contribution in [0.4, 0.5) is 0 Å². The molecule has 0 unspecified atom stereocenters. The largest absolute Gasteiger partial charge is 0.465 e. The highest BCUT2D eigenvalue weighted by atomic mass is 35.5. The summed E-state index contributed by atoms with van der Waals surface area (Å²) in [7, 11) is 1.36. The quantitative estimate of drug-likeness (QED) is 0.661. The molecule has 4 nitrogen and oxygen atoms in total. The first-order valence-electron chi connectivity index (χ1n) is 8.10. The molecule has 0 saturated carbocycles. The Labute approximate surface area is 150 Å². The standard InChI is InChI=1S/C20H16ClNO3/c1-25-20(24)12-6-7-14-15-8-9-18(23)19(15)22(17(14)10-12)11-13-4-2-3-5-16(13)21/h2-7,10H,8-9,11H2,1H3. The first-order chi connectivity index (χ1) is 12.1. The summed E-state index contributed by atoms with van der Waals surface area (Å²) in [4.78, 5) is 24.4. The molecule has 0 radical (unpaired) electrons. The van der Waals surface area contributed by atoms with Crippen LogP contribution < -0.4 is 0 Å². The van der Waals surface area contributed by atoms with Crippen molar-refractivity contribution in [2.24, 2.45) is 0 Å². The van der Waals surface area contributed by atoms with E-state index in [1.54, 1.807) is 12.1 Å².